The Balaban J connectivity index is 1.50. The molecule has 39 heavy (non-hydrogen) atoms. The third-order valence-electron chi connectivity index (χ3n) is 6.30. The van der Waals surface area contributed by atoms with Crippen molar-refractivity contribution in [2.75, 3.05) is 0 Å². The van der Waals surface area contributed by atoms with Crippen molar-refractivity contribution in [2.24, 2.45) is 0 Å². The van der Waals surface area contributed by atoms with Crippen LogP contribution in [0.4, 0.5) is 5.69 Å². The van der Waals surface area contributed by atoms with E-state index in [2.05, 4.69) is 16.0 Å². The molecule has 2 atom stereocenters. The van der Waals surface area contributed by atoms with Crippen LogP contribution in [0.1, 0.15) is 28.4 Å². The number of carbonyl (C=O) groups excluding carboxylic acids is 3. The zero-order valence-corrected chi connectivity index (χ0v) is 21.3. The lowest BCUT2D eigenvalue weighted by molar-refractivity contribution is -0.384. The second-order valence-electron chi connectivity index (χ2n) is 9.11. The van der Waals surface area contributed by atoms with E-state index < -0.39 is 28.8 Å². The topological polar surface area (TPSA) is 130 Å². The Hall–Kier alpha value is -5.05. The first-order chi connectivity index (χ1) is 18.8. The van der Waals surface area contributed by atoms with Gasteiger partial charge >= 0.3 is 0 Å². The first kappa shape index (κ1) is 27.0. The minimum absolute atomic E-state index is 0.0681. The highest BCUT2D eigenvalue weighted by atomic mass is 16.6. The molecule has 0 aromatic heterocycles. The van der Waals surface area contributed by atoms with Gasteiger partial charge in [0.05, 0.1) is 4.92 Å². The van der Waals surface area contributed by atoms with Gasteiger partial charge in [-0.05, 0) is 34.9 Å². The first-order valence-electron chi connectivity index (χ1n) is 12.5. The van der Waals surface area contributed by atoms with E-state index >= 15 is 0 Å². The zero-order chi connectivity index (χ0) is 27.8. The van der Waals surface area contributed by atoms with E-state index in [1.807, 2.05) is 60.7 Å². The van der Waals surface area contributed by atoms with Crippen LogP contribution in [0.5, 0.6) is 0 Å². The summed E-state index contributed by atoms with van der Waals surface area (Å²) in [6.45, 7) is 1.87. The van der Waals surface area contributed by atoms with Gasteiger partial charge < -0.3 is 16.0 Å². The van der Waals surface area contributed by atoms with Gasteiger partial charge in [-0.25, -0.2) is 0 Å². The van der Waals surface area contributed by atoms with Crippen molar-refractivity contribution in [2.45, 2.75) is 32.0 Å². The van der Waals surface area contributed by atoms with Gasteiger partial charge in [0.2, 0.25) is 11.8 Å². The third-order valence-corrected chi connectivity index (χ3v) is 6.30. The molecule has 4 aromatic rings. The molecule has 0 saturated carbocycles. The van der Waals surface area contributed by atoms with E-state index in [0.717, 1.165) is 16.3 Å². The van der Waals surface area contributed by atoms with E-state index in [1.54, 1.807) is 31.2 Å². The Labute approximate surface area is 225 Å². The lowest BCUT2D eigenvalue weighted by atomic mass is 10.0. The average Bonchev–Trinajstić information content (AvgIpc) is 2.95. The maximum atomic E-state index is 13.3. The van der Waals surface area contributed by atoms with E-state index in [4.69, 9.17) is 0 Å². The summed E-state index contributed by atoms with van der Waals surface area (Å²) in [6, 6.07) is 26.0. The van der Waals surface area contributed by atoms with Crippen LogP contribution in [0.15, 0.2) is 97.1 Å². The molecule has 4 aromatic carbocycles. The standard InChI is InChI=1S/C30H28N4O5/c1-20(28(35)31-19-22-8-3-2-4-9-22)32-30(37)27(18-21-14-16-24(17-15-21)34(38)39)33-29(36)26-13-7-11-23-10-5-6-12-25(23)26/h2-17,20,27H,18-19H2,1H3,(H,31,35)(H,32,37)(H,33,36)/t20?,27-/m0/s1. The van der Waals surface area contributed by atoms with E-state index in [-0.39, 0.29) is 18.0 Å². The van der Waals surface area contributed by atoms with Gasteiger partial charge in [0.1, 0.15) is 12.1 Å². The monoisotopic (exact) mass is 524 g/mol. The number of non-ortho nitro benzene ring substituents is 1. The highest BCUT2D eigenvalue weighted by Gasteiger charge is 2.26. The van der Waals surface area contributed by atoms with Gasteiger partial charge in [0, 0.05) is 30.7 Å². The van der Waals surface area contributed by atoms with Gasteiger partial charge in [-0.1, -0.05) is 78.9 Å². The SMILES string of the molecule is CC(NC(=O)[C@H](Cc1ccc([N+](=O)[O-])cc1)NC(=O)c1cccc2ccccc12)C(=O)NCc1ccccc1. The summed E-state index contributed by atoms with van der Waals surface area (Å²) in [7, 11) is 0. The van der Waals surface area contributed by atoms with E-state index in [0.29, 0.717) is 17.7 Å². The van der Waals surface area contributed by atoms with Crippen molar-refractivity contribution >= 4 is 34.2 Å². The van der Waals surface area contributed by atoms with Crippen LogP contribution in [0.25, 0.3) is 10.8 Å². The van der Waals surface area contributed by atoms with Gasteiger partial charge in [-0.2, -0.15) is 0 Å². The highest BCUT2D eigenvalue weighted by molar-refractivity contribution is 6.08. The summed E-state index contributed by atoms with van der Waals surface area (Å²) in [5.74, 6) is -1.37. The quantitative estimate of drug-likeness (QED) is 0.214. The lowest BCUT2D eigenvalue weighted by Crippen LogP contribution is -2.53. The molecule has 9 nitrogen and oxygen atoms in total. The van der Waals surface area contributed by atoms with Gasteiger partial charge in [0.25, 0.3) is 11.6 Å². The number of amides is 3. The molecule has 0 aliphatic heterocycles. The molecule has 0 fully saturated rings. The molecule has 0 aliphatic rings. The maximum absolute atomic E-state index is 13.3. The summed E-state index contributed by atoms with van der Waals surface area (Å²) in [4.78, 5) is 49.8. The molecule has 0 saturated heterocycles. The number of benzene rings is 4. The van der Waals surface area contributed by atoms with E-state index in [9.17, 15) is 24.5 Å². The Morgan fingerprint density at radius 1 is 0.769 bits per heavy atom. The number of nitro groups is 1. The molecule has 198 valence electrons. The molecule has 0 heterocycles. The number of nitrogens with zero attached hydrogens (tertiary/aromatic N) is 1. The number of hydrogen-bond acceptors (Lipinski definition) is 5. The van der Waals surface area contributed by atoms with Crippen LogP contribution in [0, 0.1) is 10.1 Å². The van der Waals surface area contributed by atoms with E-state index in [1.165, 1.54) is 12.1 Å². The smallest absolute Gasteiger partial charge is 0.269 e. The van der Waals surface area contributed by atoms with Gasteiger partial charge in [0.15, 0.2) is 0 Å². The molecule has 3 N–H and O–H groups in total. The Bertz CT molecular complexity index is 1480. The second kappa shape index (κ2) is 12.5. The minimum Gasteiger partial charge on any atom is -0.350 e. The van der Waals surface area contributed by atoms with Crippen LogP contribution in [-0.2, 0) is 22.6 Å². The molecule has 0 bridgehead atoms. The molecule has 9 heteroatoms. The average molecular weight is 525 g/mol. The minimum atomic E-state index is -1.04. The lowest BCUT2D eigenvalue weighted by Gasteiger charge is -2.22. The predicted molar refractivity (Wildman–Crippen MR) is 148 cm³/mol. The Kier molecular flexibility index (Phi) is 8.63. The van der Waals surface area contributed by atoms with Gasteiger partial charge in [-0.15, -0.1) is 0 Å². The highest BCUT2D eigenvalue weighted by Crippen LogP contribution is 2.19. The fraction of sp³-hybridized carbons (Fsp3) is 0.167. The van der Waals surface area contributed by atoms with Crippen molar-refractivity contribution in [3.8, 4) is 0 Å². The first-order valence-corrected chi connectivity index (χ1v) is 12.5. The summed E-state index contributed by atoms with van der Waals surface area (Å²) in [6.07, 6.45) is 0.0681. The number of hydrogen-bond donors (Lipinski definition) is 3. The van der Waals surface area contributed by atoms with Crippen molar-refractivity contribution in [3.63, 3.8) is 0 Å². The summed E-state index contributed by atoms with van der Waals surface area (Å²) in [5, 5.41) is 20.9. The number of nitrogens with one attached hydrogen (secondary N) is 3. The zero-order valence-electron chi connectivity index (χ0n) is 21.3. The molecule has 4 rings (SSSR count). The van der Waals surface area contributed by atoms with Crippen molar-refractivity contribution in [1.82, 2.24) is 16.0 Å². The molecule has 1 unspecified atom stereocenters. The fourth-order valence-corrected chi connectivity index (χ4v) is 4.18. The number of rotatable bonds is 10. The Morgan fingerprint density at radius 2 is 1.44 bits per heavy atom. The third kappa shape index (κ3) is 7.04. The van der Waals surface area contributed by atoms with Crippen molar-refractivity contribution < 1.29 is 19.3 Å². The van der Waals surface area contributed by atoms with Crippen molar-refractivity contribution in [3.05, 3.63) is 124 Å². The largest absolute Gasteiger partial charge is 0.350 e. The summed E-state index contributed by atoms with van der Waals surface area (Å²) in [5.41, 5.74) is 1.86. The maximum Gasteiger partial charge on any atom is 0.269 e. The molecule has 0 radical (unpaired) electrons. The number of fused-ring (bicyclic) bond motifs is 1. The number of nitro benzene ring substituents is 1. The molecule has 0 spiro atoms. The van der Waals surface area contributed by atoms with Crippen LogP contribution < -0.4 is 16.0 Å². The second-order valence-corrected chi connectivity index (χ2v) is 9.11. The molecular weight excluding hydrogens is 496 g/mol. The summed E-state index contributed by atoms with van der Waals surface area (Å²) < 4.78 is 0. The molecular formula is C30H28N4O5. The molecule has 3 amide bonds. The van der Waals surface area contributed by atoms with Crippen LogP contribution in [-0.4, -0.2) is 34.7 Å². The Morgan fingerprint density at radius 3 is 2.15 bits per heavy atom. The van der Waals surface area contributed by atoms with Crippen molar-refractivity contribution in [1.29, 1.82) is 0 Å². The van der Waals surface area contributed by atoms with Crippen LogP contribution >= 0.6 is 0 Å². The molecule has 0 aliphatic carbocycles. The van der Waals surface area contributed by atoms with Crippen LogP contribution in [0.3, 0.4) is 0 Å². The summed E-state index contributed by atoms with van der Waals surface area (Å²) >= 11 is 0. The van der Waals surface area contributed by atoms with Crippen LogP contribution in [0.2, 0.25) is 0 Å². The number of carbonyl (C=O) groups is 3. The predicted octanol–water partition coefficient (Wildman–Crippen LogP) is 3.91. The fourth-order valence-electron chi connectivity index (χ4n) is 4.18. The normalized spacial score (nSPS) is 12.2. The van der Waals surface area contributed by atoms with Gasteiger partial charge in [-0.3, -0.25) is 24.5 Å².